The van der Waals surface area contributed by atoms with Crippen LogP contribution in [0.2, 0.25) is 0 Å². The SMILES string of the molecule is OCCC=Cc1cnc2ccccn12. The fourth-order valence-corrected chi connectivity index (χ4v) is 1.35. The van der Waals surface area contributed by atoms with Gasteiger partial charge in [0, 0.05) is 12.8 Å². The van der Waals surface area contributed by atoms with Crippen molar-refractivity contribution in [1.29, 1.82) is 0 Å². The molecule has 0 aliphatic heterocycles. The van der Waals surface area contributed by atoms with Crippen LogP contribution >= 0.6 is 0 Å². The van der Waals surface area contributed by atoms with Crippen LogP contribution < -0.4 is 0 Å². The van der Waals surface area contributed by atoms with Crippen molar-refractivity contribution in [3.8, 4) is 0 Å². The quantitative estimate of drug-likeness (QED) is 0.796. The molecule has 2 aromatic rings. The van der Waals surface area contributed by atoms with Crippen molar-refractivity contribution in [3.05, 3.63) is 42.4 Å². The van der Waals surface area contributed by atoms with E-state index >= 15 is 0 Å². The van der Waals surface area contributed by atoms with E-state index in [1.807, 2.05) is 47.1 Å². The zero-order chi connectivity index (χ0) is 9.80. The van der Waals surface area contributed by atoms with Crippen molar-refractivity contribution in [1.82, 2.24) is 9.38 Å². The Morgan fingerprint density at radius 2 is 2.36 bits per heavy atom. The second-order valence-electron chi connectivity index (χ2n) is 3.03. The minimum absolute atomic E-state index is 0.188. The highest BCUT2D eigenvalue weighted by molar-refractivity contribution is 5.52. The summed E-state index contributed by atoms with van der Waals surface area (Å²) in [5.41, 5.74) is 1.98. The molecule has 2 rings (SSSR count). The third kappa shape index (κ3) is 1.67. The number of aromatic nitrogens is 2. The zero-order valence-corrected chi connectivity index (χ0v) is 7.80. The van der Waals surface area contributed by atoms with Crippen LogP contribution in [0.5, 0.6) is 0 Å². The number of pyridine rings is 1. The number of imidazole rings is 1. The standard InChI is InChI=1S/C11H12N2O/c14-8-4-2-5-10-9-12-11-6-1-3-7-13(10)11/h1-3,5-7,9,14H,4,8H2. The minimum atomic E-state index is 0.188. The molecule has 0 fully saturated rings. The Hall–Kier alpha value is -1.61. The monoisotopic (exact) mass is 188 g/mol. The Morgan fingerprint density at radius 1 is 1.43 bits per heavy atom. The predicted molar refractivity (Wildman–Crippen MR) is 55.9 cm³/mol. The molecule has 0 unspecified atom stereocenters. The summed E-state index contributed by atoms with van der Waals surface area (Å²) in [7, 11) is 0. The molecule has 0 aliphatic carbocycles. The number of fused-ring (bicyclic) bond motifs is 1. The van der Waals surface area contributed by atoms with E-state index in [4.69, 9.17) is 5.11 Å². The molecule has 3 heteroatoms. The third-order valence-corrected chi connectivity index (χ3v) is 2.03. The summed E-state index contributed by atoms with van der Waals surface area (Å²) in [6.07, 6.45) is 8.39. The van der Waals surface area contributed by atoms with Crippen LogP contribution in [0.3, 0.4) is 0 Å². The van der Waals surface area contributed by atoms with Gasteiger partial charge in [-0.25, -0.2) is 4.98 Å². The lowest BCUT2D eigenvalue weighted by molar-refractivity contribution is 0.303. The molecule has 3 nitrogen and oxygen atoms in total. The second-order valence-corrected chi connectivity index (χ2v) is 3.03. The Kier molecular flexibility index (Phi) is 2.60. The first-order valence-corrected chi connectivity index (χ1v) is 4.61. The molecule has 14 heavy (non-hydrogen) atoms. The van der Waals surface area contributed by atoms with Gasteiger partial charge in [-0.3, -0.25) is 0 Å². The Morgan fingerprint density at radius 3 is 3.21 bits per heavy atom. The zero-order valence-electron chi connectivity index (χ0n) is 7.80. The smallest absolute Gasteiger partial charge is 0.137 e. The normalized spacial score (nSPS) is 11.5. The molecule has 0 bridgehead atoms. The Labute approximate surface area is 82.3 Å². The van der Waals surface area contributed by atoms with Crippen LogP contribution in [0, 0.1) is 0 Å². The van der Waals surface area contributed by atoms with Crippen molar-refractivity contribution in [2.24, 2.45) is 0 Å². The number of aliphatic hydroxyl groups is 1. The van der Waals surface area contributed by atoms with Gasteiger partial charge in [0.2, 0.25) is 0 Å². The number of rotatable bonds is 3. The van der Waals surface area contributed by atoms with E-state index in [2.05, 4.69) is 4.98 Å². The van der Waals surface area contributed by atoms with Gasteiger partial charge in [-0.15, -0.1) is 0 Å². The first-order chi connectivity index (χ1) is 6.92. The maximum Gasteiger partial charge on any atom is 0.137 e. The van der Waals surface area contributed by atoms with Crippen LogP contribution in [0.4, 0.5) is 0 Å². The van der Waals surface area contributed by atoms with Gasteiger partial charge in [-0.05, 0) is 24.6 Å². The van der Waals surface area contributed by atoms with Crippen LogP contribution in [0.1, 0.15) is 12.1 Å². The van der Waals surface area contributed by atoms with Gasteiger partial charge < -0.3 is 9.51 Å². The van der Waals surface area contributed by atoms with E-state index in [0.29, 0.717) is 6.42 Å². The number of hydrogen-bond acceptors (Lipinski definition) is 2. The maximum atomic E-state index is 8.63. The van der Waals surface area contributed by atoms with Gasteiger partial charge in [0.1, 0.15) is 5.65 Å². The van der Waals surface area contributed by atoms with E-state index in [9.17, 15) is 0 Å². The Balaban J connectivity index is 2.34. The lowest BCUT2D eigenvalue weighted by atomic mass is 10.3. The molecule has 0 amide bonds. The molecular weight excluding hydrogens is 176 g/mol. The summed E-state index contributed by atoms with van der Waals surface area (Å²) < 4.78 is 2.01. The van der Waals surface area contributed by atoms with Crippen molar-refractivity contribution < 1.29 is 5.11 Å². The molecular formula is C11H12N2O. The molecule has 0 radical (unpaired) electrons. The second kappa shape index (κ2) is 4.07. The van der Waals surface area contributed by atoms with Gasteiger partial charge in [0.15, 0.2) is 0 Å². The fourth-order valence-electron chi connectivity index (χ4n) is 1.35. The lowest BCUT2D eigenvalue weighted by Gasteiger charge is -1.94. The topological polar surface area (TPSA) is 37.5 Å². The van der Waals surface area contributed by atoms with E-state index in [0.717, 1.165) is 11.3 Å². The van der Waals surface area contributed by atoms with Crippen molar-refractivity contribution >= 4 is 11.7 Å². The fraction of sp³-hybridized carbons (Fsp3) is 0.182. The summed E-state index contributed by atoms with van der Waals surface area (Å²) in [6.45, 7) is 0.188. The van der Waals surface area contributed by atoms with E-state index in [-0.39, 0.29) is 6.61 Å². The van der Waals surface area contributed by atoms with Crippen LogP contribution in [0.15, 0.2) is 36.7 Å². The third-order valence-electron chi connectivity index (χ3n) is 2.03. The molecule has 0 saturated heterocycles. The maximum absolute atomic E-state index is 8.63. The van der Waals surface area contributed by atoms with Crippen LogP contribution in [0.25, 0.3) is 11.7 Å². The average Bonchev–Trinajstić information content (AvgIpc) is 2.63. The molecule has 2 heterocycles. The van der Waals surface area contributed by atoms with E-state index in [1.165, 1.54) is 0 Å². The van der Waals surface area contributed by atoms with E-state index < -0.39 is 0 Å². The highest BCUT2D eigenvalue weighted by Crippen LogP contribution is 2.07. The summed E-state index contributed by atoms with van der Waals surface area (Å²) in [6, 6.07) is 5.89. The summed E-state index contributed by atoms with van der Waals surface area (Å²) >= 11 is 0. The highest BCUT2D eigenvalue weighted by Gasteiger charge is 1.96. The van der Waals surface area contributed by atoms with Crippen molar-refractivity contribution in [2.45, 2.75) is 6.42 Å². The van der Waals surface area contributed by atoms with E-state index in [1.54, 1.807) is 0 Å². The molecule has 0 atom stereocenters. The molecule has 72 valence electrons. The average molecular weight is 188 g/mol. The lowest BCUT2D eigenvalue weighted by Crippen LogP contribution is -1.85. The number of nitrogens with zero attached hydrogens (tertiary/aromatic N) is 2. The largest absolute Gasteiger partial charge is 0.396 e. The first-order valence-electron chi connectivity index (χ1n) is 4.61. The van der Waals surface area contributed by atoms with Crippen molar-refractivity contribution in [3.63, 3.8) is 0 Å². The molecule has 1 N–H and O–H groups in total. The van der Waals surface area contributed by atoms with Crippen LogP contribution in [-0.2, 0) is 0 Å². The van der Waals surface area contributed by atoms with Crippen molar-refractivity contribution in [2.75, 3.05) is 6.61 Å². The van der Waals surface area contributed by atoms with Gasteiger partial charge in [0.25, 0.3) is 0 Å². The first kappa shape index (κ1) is 8.97. The van der Waals surface area contributed by atoms with Crippen LogP contribution in [-0.4, -0.2) is 21.1 Å². The van der Waals surface area contributed by atoms with Gasteiger partial charge in [-0.2, -0.15) is 0 Å². The molecule has 0 aliphatic rings. The molecule has 2 aromatic heterocycles. The summed E-state index contributed by atoms with van der Waals surface area (Å²) in [5, 5.41) is 8.63. The predicted octanol–water partition coefficient (Wildman–Crippen LogP) is 1.73. The number of aliphatic hydroxyl groups excluding tert-OH is 1. The molecule has 0 spiro atoms. The van der Waals surface area contributed by atoms with Gasteiger partial charge in [0.05, 0.1) is 11.9 Å². The Bertz CT molecular complexity index is 445. The summed E-state index contributed by atoms with van der Waals surface area (Å²) in [5.74, 6) is 0. The van der Waals surface area contributed by atoms with Gasteiger partial charge >= 0.3 is 0 Å². The number of hydrogen-bond donors (Lipinski definition) is 1. The molecule has 0 aromatic carbocycles. The van der Waals surface area contributed by atoms with Gasteiger partial charge in [-0.1, -0.05) is 12.1 Å². The highest BCUT2D eigenvalue weighted by atomic mass is 16.2. The minimum Gasteiger partial charge on any atom is -0.396 e. The molecule has 0 saturated carbocycles. The summed E-state index contributed by atoms with van der Waals surface area (Å²) in [4.78, 5) is 4.25.